The molecule has 0 aliphatic carbocycles. The Morgan fingerprint density at radius 1 is 0.591 bits per heavy atom. The highest BCUT2D eigenvalue weighted by atomic mass is 35.5. The maximum Gasteiger partial charge on any atom is 0.493 e. The molecule has 5 aliphatic heterocycles. The van der Waals surface area contributed by atoms with E-state index in [1.807, 2.05) is 50.4 Å². The first-order chi connectivity index (χ1) is 31.0. The van der Waals surface area contributed by atoms with Crippen LogP contribution in [0.15, 0.2) is 103 Å². The number of hydrogen-bond donors (Lipinski definition) is 0. The van der Waals surface area contributed by atoms with E-state index in [2.05, 4.69) is 112 Å². The van der Waals surface area contributed by atoms with Crippen molar-refractivity contribution in [3.63, 3.8) is 0 Å². The molecule has 66 heavy (non-hydrogen) atoms. The molecule has 0 N–H and O–H groups in total. The molecule has 0 spiro atoms. The molecule has 0 atom stereocenters. The van der Waals surface area contributed by atoms with Crippen molar-refractivity contribution in [3.05, 3.63) is 170 Å². The molecule has 7 heterocycles. The summed E-state index contributed by atoms with van der Waals surface area (Å²) in [6.07, 6.45) is 7.17. The second-order valence-electron chi connectivity index (χ2n) is 17.6. The van der Waals surface area contributed by atoms with Crippen LogP contribution in [0.1, 0.15) is 118 Å². The average Bonchev–Trinajstić information content (AvgIpc) is 4.13. The molecule has 12 nitrogen and oxygen atoms in total. The smallest absolute Gasteiger partial charge is 0.493 e. The first kappa shape index (κ1) is 48.4. The second-order valence-corrected chi connectivity index (χ2v) is 18.0. The number of benzene rings is 4. The van der Waals surface area contributed by atoms with E-state index < -0.39 is 0 Å². The van der Waals surface area contributed by atoms with Gasteiger partial charge in [0.15, 0.2) is 11.6 Å². The van der Waals surface area contributed by atoms with Crippen molar-refractivity contribution < 1.29 is 28.3 Å². The highest BCUT2D eigenvalue weighted by Crippen LogP contribution is 2.40. The van der Waals surface area contributed by atoms with E-state index in [9.17, 15) is 0 Å². The van der Waals surface area contributed by atoms with Gasteiger partial charge in [0, 0.05) is 29.0 Å². The lowest BCUT2D eigenvalue weighted by molar-refractivity contribution is 0.00578. The van der Waals surface area contributed by atoms with E-state index >= 15 is 0 Å². The average molecular weight is 913 g/mol. The molecule has 2 aromatic heterocycles. The van der Waals surface area contributed by atoms with Crippen molar-refractivity contribution in [1.29, 1.82) is 0 Å². The van der Waals surface area contributed by atoms with E-state index in [0.717, 1.165) is 95.2 Å². The summed E-state index contributed by atoms with van der Waals surface area (Å²) in [6, 6.07) is 29.3. The molecule has 11 rings (SSSR count). The van der Waals surface area contributed by atoms with Gasteiger partial charge in [0.05, 0.1) is 61.5 Å². The minimum Gasteiger partial charge on any atom is -0.502 e. The summed E-state index contributed by atoms with van der Waals surface area (Å²) in [6.45, 7) is 15.7. The number of nitrogens with zero attached hydrogens (tertiary/aromatic N) is 6. The molecule has 1 saturated heterocycles. The van der Waals surface area contributed by atoms with Gasteiger partial charge < -0.3 is 28.3 Å². The summed E-state index contributed by atoms with van der Waals surface area (Å²) in [5.41, 5.74) is 12.6. The topological polar surface area (TPSA) is 117 Å². The predicted octanol–water partition coefficient (Wildman–Crippen LogP) is 11.0. The fourth-order valence-electron chi connectivity index (χ4n) is 8.64. The molecule has 0 bridgehead atoms. The Balaban J connectivity index is 0.000000152. The normalized spacial score (nSPS) is 17.1. The zero-order valence-electron chi connectivity index (χ0n) is 37.4. The van der Waals surface area contributed by atoms with Crippen LogP contribution in [0.4, 0.5) is 0 Å². The van der Waals surface area contributed by atoms with Gasteiger partial charge in [-0.3, -0.25) is 9.13 Å². The molecule has 6 aromatic rings. The number of fused-ring (bicyclic) bond motifs is 6. The van der Waals surface area contributed by atoms with Crippen LogP contribution in [-0.2, 0) is 67.5 Å². The predicted molar refractivity (Wildman–Crippen MR) is 259 cm³/mol. The molecular weight excluding hydrogens is 851 g/mol. The molecular formula is C52H62BClN6O6. The van der Waals surface area contributed by atoms with Gasteiger partial charge >= 0.3 is 7.12 Å². The van der Waals surface area contributed by atoms with Crippen LogP contribution in [0.5, 0.6) is 0 Å². The highest BCUT2D eigenvalue weighted by Gasteiger charge is 2.52. The van der Waals surface area contributed by atoms with Gasteiger partial charge in [-0.05, 0) is 111 Å². The van der Waals surface area contributed by atoms with E-state index in [4.69, 9.17) is 39.9 Å². The zero-order valence-corrected chi connectivity index (χ0v) is 38.2. The van der Waals surface area contributed by atoms with Crippen LogP contribution in [0.25, 0.3) is 16.9 Å². The lowest BCUT2D eigenvalue weighted by Gasteiger charge is -2.32. The van der Waals surface area contributed by atoms with Gasteiger partial charge in [-0.2, -0.15) is 0 Å². The second kappa shape index (κ2) is 20.5. The van der Waals surface area contributed by atoms with Crippen LogP contribution < -0.4 is 0 Å². The van der Waals surface area contributed by atoms with E-state index in [1.165, 1.54) is 33.4 Å². The minimum absolute atomic E-state index is 0. The molecule has 14 heteroatoms. The van der Waals surface area contributed by atoms with Gasteiger partial charge in [0.25, 0.3) is 0 Å². The molecule has 346 valence electrons. The van der Waals surface area contributed by atoms with E-state index in [-0.39, 0.29) is 33.2 Å². The number of hydrogen-bond acceptors (Lipinski definition) is 10. The van der Waals surface area contributed by atoms with Crippen LogP contribution >= 0.6 is 11.6 Å². The lowest BCUT2D eigenvalue weighted by Crippen LogP contribution is -2.41. The maximum atomic E-state index is 6.51. The Bertz CT molecular complexity index is 2680. The molecule has 0 saturated carbocycles. The Kier molecular flexibility index (Phi) is 15.0. The summed E-state index contributed by atoms with van der Waals surface area (Å²) in [5.74, 6) is 3.43. The highest BCUT2D eigenvalue weighted by molar-refractivity contribution is 6.54. The fraction of sp³-hybridized carbons (Fsp3) is 0.385. The number of rotatable bonds is 6. The monoisotopic (exact) mass is 912 g/mol. The minimum atomic E-state index is -0.249. The number of ether oxygens (including phenoxy) is 4. The van der Waals surface area contributed by atoms with Crippen LogP contribution in [-0.4, -0.2) is 61.1 Å². The van der Waals surface area contributed by atoms with Crippen LogP contribution in [0.3, 0.4) is 0 Å². The van der Waals surface area contributed by atoms with Crippen molar-refractivity contribution in [2.75, 3.05) is 13.2 Å². The molecule has 0 radical (unpaired) electrons. The SMILES string of the molecule is C.C.CC1(C)OB(C2=COCC2)OC1(C)C.Cc1nnc2n1-c1ccc(C3=COCC3)c(Cc3ccccc3)c1COC2.Cc1nnc2n1-c1ccc(Cl)c(Cc3ccccc3)c1COC2. The fourth-order valence-corrected chi connectivity index (χ4v) is 8.88. The third-order valence-electron chi connectivity index (χ3n) is 12.8. The summed E-state index contributed by atoms with van der Waals surface area (Å²) < 4.78 is 38.5. The molecule has 1 fully saturated rings. The molecule has 0 amide bonds. The standard InChI is InChI=1S/C22H21N3O2.C18H16ClN3O.C10H17BO3.2CH4/c1-15-23-24-22-14-27-13-20-19(11-16-5-3-2-4-6-16)18(17-9-10-26-12-17)7-8-21(20)25(15)22;1-12-20-21-18-11-23-10-15-14(9-13-5-3-2-4-6-13)16(19)7-8-17(15)22(12)18;1-9(2)10(3,4)14-11(13-9)8-5-6-12-7-8;;/h2-8,12H,9-11,13-14H2,1H3;2-8H,9-11H2,1H3;7H,5-6H2,1-4H3;2*1H4. The first-order valence-electron chi connectivity index (χ1n) is 22.0. The number of aromatic nitrogens is 6. The van der Waals surface area contributed by atoms with Gasteiger partial charge in [0.2, 0.25) is 0 Å². The number of aryl methyl sites for hydroxylation is 2. The van der Waals surface area contributed by atoms with Crippen LogP contribution in [0, 0.1) is 13.8 Å². The zero-order chi connectivity index (χ0) is 44.4. The number of halogens is 1. The van der Waals surface area contributed by atoms with E-state index in [1.54, 1.807) is 6.26 Å². The summed E-state index contributed by atoms with van der Waals surface area (Å²) in [4.78, 5) is 0. The summed E-state index contributed by atoms with van der Waals surface area (Å²) in [7, 11) is -0.220. The van der Waals surface area contributed by atoms with Gasteiger partial charge in [-0.1, -0.05) is 93.2 Å². The van der Waals surface area contributed by atoms with Gasteiger partial charge in [-0.15, -0.1) is 20.4 Å². The Labute approximate surface area is 395 Å². The van der Waals surface area contributed by atoms with Crippen molar-refractivity contribution >= 4 is 24.3 Å². The van der Waals surface area contributed by atoms with Gasteiger partial charge in [0.1, 0.15) is 24.9 Å². The molecule has 5 aliphatic rings. The van der Waals surface area contributed by atoms with Crippen LogP contribution in [0.2, 0.25) is 5.02 Å². The third kappa shape index (κ3) is 9.91. The largest absolute Gasteiger partial charge is 0.502 e. The Morgan fingerprint density at radius 3 is 1.61 bits per heavy atom. The Hall–Kier alpha value is -5.57. The van der Waals surface area contributed by atoms with Crippen molar-refractivity contribution in [1.82, 2.24) is 29.5 Å². The van der Waals surface area contributed by atoms with E-state index in [0.29, 0.717) is 26.4 Å². The van der Waals surface area contributed by atoms with Crippen molar-refractivity contribution in [2.24, 2.45) is 0 Å². The third-order valence-corrected chi connectivity index (χ3v) is 13.1. The summed E-state index contributed by atoms with van der Waals surface area (Å²) >= 11 is 6.51. The lowest BCUT2D eigenvalue weighted by atomic mass is 9.78. The quantitative estimate of drug-likeness (QED) is 0.150. The summed E-state index contributed by atoms with van der Waals surface area (Å²) in [5, 5.41) is 17.7. The first-order valence-corrected chi connectivity index (χ1v) is 22.3. The van der Waals surface area contributed by atoms with Crippen molar-refractivity contribution in [2.45, 2.75) is 120 Å². The Morgan fingerprint density at radius 2 is 1.09 bits per heavy atom. The molecule has 4 aromatic carbocycles. The molecule has 0 unspecified atom stereocenters. The van der Waals surface area contributed by atoms with Gasteiger partial charge in [-0.25, -0.2) is 0 Å². The van der Waals surface area contributed by atoms with Crippen molar-refractivity contribution in [3.8, 4) is 11.4 Å². The maximum absolute atomic E-state index is 6.51.